The molecule has 0 aliphatic rings. The third-order valence-electron chi connectivity index (χ3n) is 2.45. The highest BCUT2D eigenvalue weighted by Gasteiger charge is 2.17. The van der Waals surface area contributed by atoms with E-state index in [1.54, 1.807) is 6.92 Å². The maximum absolute atomic E-state index is 11.9. The van der Waals surface area contributed by atoms with Crippen LogP contribution in [0.5, 0.6) is 11.5 Å². The molecule has 0 radical (unpaired) electrons. The summed E-state index contributed by atoms with van der Waals surface area (Å²) in [6, 6.07) is 4.10. The number of likely N-dealkylation sites (N-methyl/N-ethyl adjacent to an activating group) is 1. The SMILES string of the molecule is C=CC(=O)N(CC)C(=O)Cc1ccc(O)c(O)c1. The molecule has 18 heavy (non-hydrogen) atoms. The Labute approximate surface area is 105 Å². The Morgan fingerprint density at radius 3 is 2.50 bits per heavy atom. The number of hydrogen-bond acceptors (Lipinski definition) is 4. The van der Waals surface area contributed by atoms with Crippen LogP contribution >= 0.6 is 0 Å². The lowest BCUT2D eigenvalue weighted by atomic mass is 10.1. The van der Waals surface area contributed by atoms with Gasteiger partial charge in [-0.05, 0) is 30.7 Å². The fourth-order valence-electron chi connectivity index (χ4n) is 1.51. The molecule has 0 saturated heterocycles. The summed E-state index contributed by atoms with van der Waals surface area (Å²) in [5.41, 5.74) is 0.519. The van der Waals surface area contributed by atoms with Gasteiger partial charge in [-0.3, -0.25) is 14.5 Å². The molecule has 0 unspecified atom stereocenters. The molecule has 1 rings (SSSR count). The van der Waals surface area contributed by atoms with Crippen molar-refractivity contribution in [3.63, 3.8) is 0 Å². The van der Waals surface area contributed by atoms with E-state index in [0.29, 0.717) is 5.56 Å². The van der Waals surface area contributed by atoms with Crippen LogP contribution in [0.4, 0.5) is 0 Å². The molecule has 0 bridgehead atoms. The number of nitrogens with zero attached hydrogens (tertiary/aromatic N) is 1. The average Bonchev–Trinajstić information content (AvgIpc) is 2.34. The number of benzene rings is 1. The molecule has 2 amide bonds. The smallest absolute Gasteiger partial charge is 0.252 e. The summed E-state index contributed by atoms with van der Waals surface area (Å²) < 4.78 is 0. The van der Waals surface area contributed by atoms with Crippen molar-refractivity contribution >= 4 is 11.8 Å². The van der Waals surface area contributed by atoms with E-state index in [9.17, 15) is 14.7 Å². The zero-order valence-corrected chi connectivity index (χ0v) is 10.1. The van der Waals surface area contributed by atoms with E-state index in [1.165, 1.54) is 18.2 Å². The predicted octanol–water partition coefficient (Wildman–Crippen LogP) is 1.20. The maximum Gasteiger partial charge on any atom is 0.252 e. The third-order valence-corrected chi connectivity index (χ3v) is 2.45. The van der Waals surface area contributed by atoms with Gasteiger partial charge in [-0.25, -0.2) is 0 Å². The second kappa shape index (κ2) is 5.86. The summed E-state index contributed by atoms with van der Waals surface area (Å²) in [6.07, 6.45) is 1.05. The molecular formula is C13H15NO4. The molecule has 0 atom stereocenters. The number of phenolic OH excluding ortho intramolecular Hbond substituents is 2. The van der Waals surface area contributed by atoms with Crippen LogP contribution in [0.3, 0.4) is 0 Å². The molecule has 0 aliphatic carbocycles. The Morgan fingerprint density at radius 1 is 1.33 bits per heavy atom. The Balaban J connectivity index is 2.82. The molecule has 1 aromatic rings. The summed E-state index contributed by atoms with van der Waals surface area (Å²) in [6.45, 7) is 5.27. The van der Waals surface area contributed by atoms with Crippen molar-refractivity contribution in [2.75, 3.05) is 6.54 Å². The van der Waals surface area contributed by atoms with Crippen molar-refractivity contribution in [1.29, 1.82) is 0 Å². The first-order valence-corrected chi connectivity index (χ1v) is 5.47. The Kier molecular flexibility index (Phi) is 4.48. The van der Waals surface area contributed by atoms with Gasteiger partial charge in [0, 0.05) is 6.54 Å². The topological polar surface area (TPSA) is 77.8 Å². The molecule has 0 spiro atoms. The standard InChI is InChI=1S/C13H15NO4/c1-3-12(17)14(4-2)13(18)8-9-5-6-10(15)11(16)7-9/h3,5-7,15-16H,1,4,8H2,2H3. The monoisotopic (exact) mass is 249 g/mol. The van der Waals surface area contributed by atoms with E-state index in [4.69, 9.17) is 5.11 Å². The molecule has 0 fully saturated rings. The second-order valence-corrected chi connectivity index (χ2v) is 3.68. The summed E-state index contributed by atoms with van der Waals surface area (Å²) in [7, 11) is 0. The molecule has 96 valence electrons. The van der Waals surface area contributed by atoms with Crippen LogP contribution in [-0.2, 0) is 16.0 Å². The predicted molar refractivity (Wildman–Crippen MR) is 66.1 cm³/mol. The molecule has 0 heterocycles. The van der Waals surface area contributed by atoms with Crippen LogP contribution in [0.1, 0.15) is 12.5 Å². The zero-order valence-electron chi connectivity index (χ0n) is 10.1. The van der Waals surface area contributed by atoms with E-state index < -0.39 is 5.91 Å². The molecule has 5 nitrogen and oxygen atoms in total. The number of carbonyl (C=O) groups is 2. The molecule has 0 saturated carbocycles. The molecule has 0 aliphatic heterocycles. The van der Waals surface area contributed by atoms with E-state index in [-0.39, 0.29) is 30.4 Å². The van der Waals surface area contributed by atoms with Gasteiger partial charge in [0.2, 0.25) is 5.91 Å². The minimum absolute atomic E-state index is 0.0265. The van der Waals surface area contributed by atoms with Gasteiger partial charge in [0.05, 0.1) is 6.42 Å². The van der Waals surface area contributed by atoms with E-state index in [0.717, 1.165) is 11.0 Å². The first kappa shape index (κ1) is 13.8. The number of carbonyl (C=O) groups excluding carboxylic acids is 2. The number of hydrogen-bond donors (Lipinski definition) is 2. The number of phenols is 2. The first-order valence-electron chi connectivity index (χ1n) is 5.47. The van der Waals surface area contributed by atoms with Crippen molar-refractivity contribution in [1.82, 2.24) is 4.90 Å². The Bertz CT molecular complexity index is 482. The van der Waals surface area contributed by atoms with E-state index in [1.807, 2.05) is 0 Å². The lowest BCUT2D eigenvalue weighted by Crippen LogP contribution is -2.36. The molecule has 1 aromatic carbocycles. The highest BCUT2D eigenvalue weighted by atomic mass is 16.3. The van der Waals surface area contributed by atoms with Crippen LogP contribution in [-0.4, -0.2) is 33.5 Å². The zero-order chi connectivity index (χ0) is 13.7. The van der Waals surface area contributed by atoms with Crippen LogP contribution in [0.15, 0.2) is 30.9 Å². The Hall–Kier alpha value is -2.30. The van der Waals surface area contributed by atoms with E-state index >= 15 is 0 Å². The molecule has 0 aromatic heterocycles. The van der Waals surface area contributed by atoms with Gasteiger partial charge in [0.1, 0.15) is 0 Å². The van der Waals surface area contributed by atoms with Crippen molar-refractivity contribution < 1.29 is 19.8 Å². The lowest BCUT2D eigenvalue weighted by Gasteiger charge is -2.17. The summed E-state index contributed by atoms with van der Waals surface area (Å²) in [5, 5.41) is 18.5. The number of aromatic hydroxyl groups is 2. The molecular weight excluding hydrogens is 234 g/mol. The normalized spacial score (nSPS) is 9.83. The third kappa shape index (κ3) is 3.10. The largest absolute Gasteiger partial charge is 0.504 e. The van der Waals surface area contributed by atoms with E-state index in [2.05, 4.69) is 6.58 Å². The number of imide groups is 1. The van der Waals surface area contributed by atoms with Crippen LogP contribution in [0.25, 0.3) is 0 Å². The van der Waals surface area contributed by atoms with Gasteiger partial charge in [-0.15, -0.1) is 0 Å². The maximum atomic E-state index is 11.9. The lowest BCUT2D eigenvalue weighted by molar-refractivity contribution is -0.141. The fourth-order valence-corrected chi connectivity index (χ4v) is 1.51. The van der Waals surface area contributed by atoms with Crippen LogP contribution in [0, 0.1) is 0 Å². The van der Waals surface area contributed by atoms with Crippen LogP contribution < -0.4 is 0 Å². The summed E-state index contributed by atoms with van der Waals surface area (Å²) in [4.78, 5) is 24.3. The number of amides is 2. The first-order chi connectivity index (χ1) is 8.49. The minimum atomic E-state index is -0.453. The van der Waals surface area contributed by atoms with Crippen molar-refractivity contribution in [3.05, 3.63) is 36.4 Å². The van der Waals surface area contributed by atoms with Gasteiger partial charge >= 0.3 is 0 Å². The number of rotatable bonds is 4. The van der Waals surface area contributed by atoms with Crippen molar-refractivity contribution in [2.24, 2.45) is 0 Å². The van der Waals surface area contributed by atoms with Crippen LogP contribution in [0.2, 0.25) is 0 Å². The van der Waals surface area contributed by atoms with Crippen molar-refractivity contribution in [3.8, 4) is 11.5 Å². The highest BCUT2D eigenvalue weighted by Crippen LogP contribution is 2.25. The Morgan fingerprint density at radius 2 is 2.00 bits per heavy atom. The summed E-state index contributed by atoms with van der Waals surface area (Å²) in [5.74, 6) is -1.38. The summed E-state index contributed by atoms with van der Waals surface area (Å²) >= 11 is 0. The molecule has 5 heteroatoms. The minimum Gasteiger partial charge on any atom is -0.504 e. The van der Waals surface area contributed by atoms with Gasteiger partial charge in [-0.1, -0.05) is 12.6 Å². The highest BCUT2D eigenvalue weighted by molar-refractivity contribution is 6.01. The van der Waals surface area contributed by atoms with Gasteiger partial charge < -0.3 is 10.2 Å². The second-order valence-electron chi connectivity index (χ2n) is 3.68. The average molecular weight is 249 g/mol. The van der Waals surface area contributed by atoms with Gasteiger partial charge in [-0.2, -0.15) is 0 Å². The quantitative estimate of drug-likeness (QED) is 0.621. The fraction of sp³-hybridized carbons (Fsp3) is 0.231. The van der Waals surface area contributed by atoms with Crippen molar-refractivity contribution in [2.45, 2.75) is 13.3 Å². The molecule has 2 N–H and O–H groups in total. The van der Waals surface area contributed by atoms with Gasteiger partial charge in [0.15, 0.2) is 11.5 Å². The van der Waals surface area contributed by atoms with Gasteiger partial charge in [0.25, 0.3) is 5.91 Å².